The Labute approximate surface area is 164 Å². The zero-order chi connectivity index (χ0) is 20.6. The molecule has 0 saturated carbocycles. The molecule has 1 rings (SSSR count). The fourth-order valence-electron chi connectivity index (χ4n) is 2.07. The van der Waals surface area contributed by atoms with Crippen LogP contribution in [0.15, 0.2) is 12.1 Å². The highest BCUT2D eigenvalue weighted by Crippen LogP contribution is 2.31. The Morgan fingerprint density at radius 3 is 2.37 bits per heavy atom. The van der Waals surface area contributed by atoms with Gasteiger partial charge in [0, 0.05) is 11.6 Å². The van der Waals surface area contributed by atoms with Crippen LogP contribution >= 0.6 is 11.6 Å². The number of ether oxygens (including phenoxy) is 2. The minimum atomic E-state index is -0.713. The van der Waals surface area contributed by atoms with Crippen molar-refractivity contribution in [3.63, 3.8) is 0 Å². The molecule has 0 heterocycles. The Hall–Kier alpha value is -2.28. The van der Waals surface area contributed by atoms with Gasteiger partial charge in [-0.15, -0.1) is 0 Å². The van der Waals surface area contributed by atoms with Crippen molar-refractivity contribution in [3.05, 3.63) is 28.3 Å². The molecule has 2 N–H and O–H groups in total. The summed E-state index contributed by atoms with van der Waals surface area (Å²) in [6, 6.07) is 2.95. The number of halogens is 1. The summed E-state index contributed by atoms with van der Waals surface area (Å²) in [5.74, 6) is -0.469. The normalized spacial score (nSPS) is 10.7. The highest BCUT2D eigenvalue weighted by molar-refractivity contribution is 6.31. The van der Waals surface area contributed by atoms with Crippen LogP contribution in [0.5, 0.6) is 5.75 Å². The van der Waals surface area contributed by atoms with Gasteiger partial charge in [-0.1, -0.05) is 39.3 Å². The van der Waals surface area contributed by atoms with Gasteiger partial charge in [0.1, 0.15) is 5.75 Å². The molecule has 0 aliphatic carbocycles. The van der Waals surface area contributed by atoms with Gasteiger partial charge in [0.25, 0.3) is 5.91 Å². The maximum Gasteiger partial charge on any atom is 0.344 e. The topological polar surface area (TPSA) is 93.7 Å². The van der Waals surface area contributed by atoms with Crippen LogP contribution < -0.4 is 15.4 Å². The smallest absolute Gasteiger partial charge is 0.344 e. The maximum atomic E-state index is 11.8. The minimum Gasteiger partial charge on any atom is -0.482 e. The molecule has 0 atom stereocenters. The molecular weight excluding hydrogens is 372 g/mol. The molecule has 27 heavy (non-hydrogen) atoms. The number of hydrogen-bond donors (Lipinski definition) is 2. The average Bonchev–Trinajstić information content (AvgIpc) is 2.58. The Morgan fingerprint density at radius 1 is 1.11 bits per heavy atom. The summed E-state index contributed by atoms with van der Waals surface area (Å²) in [5.41, 5.74) is 1.70. The molecule has 3 amide bonds. The van der Waals surface area contributed by atoms with Gasteiger partial charge in [-0.05, 0) is 42.0 Å². The molecule has 0 bridgehead atoms. The molecule has 0 unspecified atom stereocenters. The molecule has 0 aliphatic rings. The fraction of sp³-hybridized carbons (Fsp3) is 0.526. The Bertz CT molecular complexity index is 689. The van der Waals surface area contributed by atoms with Gasteiger partial charge in [-0.2, -0.15) is 0 Å². The summed E-state index contributed by atoms with van der Waals surface area (Å²) in [5, 5.41) is 5.23. The monoisotopic (exact) mass is 398 g/mol. The van der Waals surface area contributed by atoms with E-state index in [1.165, 1.54) is 0 Å². The Balaban J connectivity index is 2.47. The Morgan fingerprint density at radius 2 is 1.78 bits per heavy atom. The third-order valence-corrected chi connectivity index (χ3v) is 3.95. The molecule has 150 valence electrons. The van der Waals surface area contributed by atoms with Gasteiger partial charge < -0.3 is 14.8 Å². The zero-order valence-corrected chi connectivity index (χ0v) is 17.1. The van der Waals surface area contributed by atoms with E-state index in [4.69, 9.17) is 21.1 Å². The Kier molecular flexibility index (Phi) is 9.08. The molecule has 8 heteroatoms. The highest BCUT2D eigenvalue weighted by atomic mass is 35.5. The van der Waals surface area contributed by atoms with E-state index in [0.717, 1.165) is 11.1 Å². The molecule has 0 aliphatic heterocycles. The summed E-state index contributed by atoms with van der Waals surface area (Å²) in [4.78, 5) is 34.9. The van der Waals surface area contributed by atoms with E-state index < -0.39 is 24.5 Å². The number of aryl methyl sites for hydroxylation is 1. The molecule has 7 nitrogen and oxygen atoms in total. The lowest BCUT2D eigenvalue weighted by Crippen LogP contribution is -2.42. The van der Waals surface area contributed by atoms with Crippen molar-refractivity contribution in [3.8, 4) is 5.75 Å². The quantitative estimate of drug-likeness (QED) is 0.656. The van der Waals surface area contributed by atoms with Crippen LogP contribution in [0, 0.1) is 12.8 Å². The van der Waals surface area contributed by atoms with E-state index in [1.54, 1.807) is 6.07 Å². The first-order valence-corrected chi connectivity index (χ1v) is 9.14. The van der Waals surface area contributed by atoms with Gasteiger partial charge in [0.15, 0.2) is 13.2 Å². The molecular formula is C19H27ClN2O5. The second-order valence-electron chi connectivity index (χ2n) is 6.90. The van der Waals surface area contributed by atoms with Gasteiger partial charge in [0.2, 0.25) is 0 Å². The molecule has 0 spiro atoms. The van der Waals surface area contributed by atoms with Crippen LogP contribution in [-0.2, 0) is 14.3 Å². The second kappa shape index (κ2) is 10.8. The molecule has 1 aromatic rings. The first-order valence-electron chi connectivity index (χ1n) is 8.76. The summed E-state index contributed by atoms with van der Waals surface area (Å²) in [6.07, 6.45) is 0. The number of hydrogen-bond acceptors (Lipinski definition) is 5. The summed E-state index contributed by atoms with van der Waals surface area (Å²) in [6.45, 7) is 9.19. The van der Waals surface area contributed by atoms with Crippen molar-refractivity contribution >= 4 is 29.5 Å². The number of nitrogens with one attached hydrogen (secondary N) is 2. The number of rotatable bonds is 8. The third-order valence-electron chi connectivity index (χ3n) is 3.55. The van der Waals surface area contributed by atoms with E-state index in [2.05, 4.69) is 10.6 Å². The number of imide groups is 1. The van der Waals surface area contributed by atoms with Crippen LogP contribution in [0.2, 0.25) is 5.02 Å². The predicted octanol–water partition coefficient (Wildman–Crippen LogP) is 3.18. The summed E-state index contributed by atoms with van der Waals surface area (Å²) >= 11 is 6.13. The summed E-state index contributed by atoms with van der Waals surface area (Å²) < 4.78 is 10.4. The van der Waals surface area contributed by atoms with E-state index in [-0.39, 0.29) is 18.4 Å². The van der Waals surface area contributed by atoms with Crippen molar-refractivity contribution in [2.45, 2.75) is 40.5 Å². The van der Waals surface area contributed by atoms with Crippen LogP contribution in [0.4, 0.5) is 4.79 Å². The highest BCUT2D eigenvalue weighted by Gasteiger charge is 2.15. The number of urea groups is 1. The predicted molar refractivity (Wildman–Crippen MR) is 103 cm³/mol. The van der Waals surface area contributed by atoms with Gasteiger partial charge in [0.05, 0.1) is 0 Å². The van der Waals surface area contributed by atoms with Gasteiger partial charge in [-0.3, -0.25) is 10.1 Å². The largest absolute Gasteiger partial charge is 0.482 e. The SMILES string of the molecule is Cc1cc(OCC(=O)OCC(=O)NC(=O)NCC(C)C)c(C(C)C)cc1Cl. The molecule has 0 fully saturated rings. The zero-order valence-electron chi connectivity index (χ0n) is 16.3. The number of esters is 1. The first-order chi connectivity index (χ1) is 12.6. The lowest BCUT2D eigenvalue weighted by Gasteiger charge is -2.15. The fourth-order valence-corrected chi connectivity index (χ4v) is 2.25. The van der Waals surface area contributed by atoms with Crippen molar-refractivity contribution in [1.82, 2.24) is 10.6 Å². The van der Waals surface area contributed by atoms with Crippen molar-refractivity contribution in [1.29, 1.82) is 0 Å². The van der Waals surface area contributed by atoms with Crippen molar-refractivity contribution in [2.24, 2.45) is 5.92 Å². The number of benzene rings is 1. The molecule has 1 aromatic carbocycles. The maximum absolute atomic E-state index is 11.8. The van der Waals surface area contributed by atoms with Crippen molar-refractivity contribution in [2.75, 3.05) is 19.8 Å². The average molecular weight is 399 g/mol. The third kappa shape index (κ3) is 8.30. The van der Waals surface area contributed by atoms with Crippen LogP contribution in [-0.4, -0.2) is 37.7 Å². The minimum absolute atomic E-state index is 0.157. The van der Waals surface area contributed by atoms with E-state index in [9.17, 15) is 14.4 Å². The van der Waals surface area contributed by atoms with Crippen LogP contribution in [0.25, 0.3) is 0 Å². The number of carbonyl (C=O) groups excluding carboxylic acids is 3. The lowest BCUT2D eigenvalue weighted by atomic mass is 10.0. The molecule has 0 aromatic heterocycles. The lowest BCUT2D eigenvalue weighted by molar-refractivity contribution is -0.150. The second-order valence-corrected chi connectivity index (χ2v) is 7.30. The van der Waals surface area contributed by atoms with Gasteiger partial charge >= 0.3 is 12.0 Å². The number of carbonyl (C=O) groups is 3. The van der Waals surface area contributed by atoms with Crippen LogP contribution in [0.1, 0.15) is 44.7 Å². The van der Waals surface area contributed by atoms with E-state index in [0.29, 0.717) is 17.3 Å². The standard InChI is InChI=1S/C19H27ClN2O5/c1-11(2)8-21-19(25)22-17(23)9-27-18(24)10-26-16-6-13(5)15(20)7-14(16)12(3)4/h6-7,11-12H,8-10H2,1-5H3,(H2,21,22,23,25). The van der Waals surface area contributed by atoms with Crippen LogP contribution in [0.3, 0.4) is 0 Å². The summed E-state index contributed by atoms with van der Waals surface area (Å²) in [7, 11) is 0. The van der Waals surface area contributed by atoms with E-state index in [1.807, 2.05) is 40.7 Å². The molecule has 0 saturated heterocycles. The van der Waals surface area contributed by atoms with Gasteiger partial charge in [-0.25, -0.2) is 9.59 Å². The first kappa shape index (κ1) is 22.8. The number of amides is 3. The molecule has 0 radical (unpaired) electrons. The van der Waals surface area contributed by atoms with Crippen molar-refractivity contribution < 1.29 is 23.9 Å². The van der Waals surface area contributed by atoms with E-state index >= 15 is 0 Å².